The largest absolute Gasteiger partial charge is 0.449 e. The van der Waals surface area contributed by atoms with Crippen LogP contribution in [0.2, 0.25) is 0 Å². The van der Waals surface area contributed by atoms with E-state index in [1.807, 2.05) is 0 Å². The summed E-state index contributed by atoms with van der Waals surface area (Å²) < 4.78 is 80.4. The Hall–Kier alpha value is -2.80. The molecule has 0 bridgehead atoms. The van der Waals surface area contributed by atoms with Crippen LogP contribution in [0.25, 0.3) is 0 Å². The number of nitrogens with two attached hydrogens (primary N) is 2. The number of primary amides is 1. The van der Waals surface area contributed by atoms with E-state index in [0.717, 1.165) is 4.57 Å². The molecule has 2 amide bonds. The van der Waals surface area contributed by atoms with Crippen LogP contribution in [0, 0.1) is 17.5 Å². The molecular weight excluding hydrogens is 468 g/mol. The molecule has 0 spiro atoms. The van der Waals surface area contributed by atoms with E-state index in [4.69, 9.17) is 11.5 Å². The summed E-state index contributed by atoms with van der Waals surface area (Å²) >= 11 is 0. The number of benzene rings is 1. The number of amides is 2. The fourth-order valence-electron chi connectivity index (χ4n) is 3.42. The summed E-state index contributed by atoms with van der Waals surface area (Å²) in [5.41, 5.74) is 10.00. The summed E-state index contributed by atoms with van der Waals surface area (Å²) in [5, 5.41) is 0. The van der Waals surface area contributed by atoms with Crippen LogP contribution in [0.5, 0.6) is 0 Å². The van der Waals surface area contributed by atoms with Gasteiger partial charge < -0.3 is 20.9 Å². The van der Waals surface area contributed by atoms with Gasteiger partial charge in [-0.25, -0.2) is 18.2 Å². The molecule has 3 rings (SSSR count). The smallest absolute Gasteiger partial charge is 0.364 e. The molecule has 0 fully saturated rings. The summed E-state index contributed by atoms with van der Waals surface area (Å²) in [5.74, 6) is -6.67. The molecule has 1 atom stereocenters. The molecule has 0 unspecified atom stereocenters. The molecule has 7 nitrogen and oxygen atoms in total. The molecule has 1 aromatic heterocycles. The minimum Gasteiger partial charge on any atom is -0.364 e. The maximum absolute atomic E-state index is 13.8. The number of imidazole rings is 1. The third kappa shape index (κ3) is 5.15. The molecule has 0 radical (unpaired) electrons. The average molecular weight is 486 g/mol. The summed E-state index contributed by atoms with van der Waals surface area (Å²) in [4.78, 5) is 28.5. The van der Waals surface area contributed by atoms with Gasteiger partial charge in [0.1, 0.15) is 5.82 Å². The molecule has 32 heavy (non-hydrogen) atoms. The second-order valence-corrected chi connectivity index (χ2v) is 7.09. The van der Waals surface area contributed by atoms with Crippen LogP contribution in [0.15, 0.2) is 12.1 Å². The predicted octanol–water partition coefficient (Wildman–Crippen LogP) is 2.14. The van der Waals surface area contributed by atoms with Crippen molar-refractivity contribution in [3.05, 3.63) is 52.4 Å². The molecule has 0 aliphatic carbocycles. The molecule has 4 N–H and O–H groups in total. The number of aromatic nitrogens is 2. The lowest BCUT2D eigenvalue weighted by atomic mass is 10.0. The lowest BCUT2D eigenvalue weighted by molar-refractivity contribution is -0.148. The first kappa shape index (κ1) is 25.5. The number of rotatable bonds is 5. The maximum Gasteiger partial charge on any atom is 0.449 e. The molecule has 1 aliphatic heterocycles. The Balaban J connectivity index is 0.00000363. The van der Waals surface area contributed by atoms with Crippen molar-refractivity contribution in [3.8, 4) is 0 Å². The summed E-state index contributed by atoms with van der Waals surface area (Å²) in [6.45, 7) is -0.745. The van der Waals surface area contributed by atoms with Crippen LogP contribution in [-0.4, -0.2) is 38.9 Å². The maximum atomic E-state index is 13.8. The molecule has 0 saturated heterocycles. The predicted molar refractivity (Wildman–Crippen MR) is 101 cm³/mol. The average Bonchev–Trinajstić information content (AvgIpc) is 3.05. The number of fused-ring (bicyclic) bond motifs is 1. The molecule has 1 aliphatic rings. The number of alkyl halides is 3. The first-order valence-corrected chi connectivity index (χ1v) is 9.01. The molecule has 1 aromatic carbocycles. The van der Waals surface area contributed by atoms with Gasteiger partial charge in [-0.2, -0.15) is 13.2 Å². The van der Waals surface area contributed by atoms with Gasteiger partial charge >= 0.3 is 6.18 Å². The standard InChI is InChI=1S/C18H17F6N5O2.ClH/c19-10-6-12(21)11(20)4-8(10)3-9(25)5-14(30)28-1-2-29-13(7-28)15(16(26)31)27-17(29)18(22,23)24;/h4,6,9H,1-3,5,7,25H2,(H2,26,31);1H/t9-;/m1./s1. The van der Waals surface area contributed by atoms with Gasteiger partial charge in [-0.15, -0.1) is 12.4 Å². The van der Waals surface area contributed by atoms with Crippen molar-refractivity contribution in [1.29, 1.82) is 0 Å². The van der Waals surface area contributed by atoms with Crippen LogP contribution in [0.1, 0.15) is 34.0 Å². The van der Waals surface area contributed by atoms with E-state index < -0.39 is 53.0 Å². The van der Waals surface area contributed by atoms with Gasteiger partial charge in [-0.05, 0) is 18.1 Å². The van der Waals surface area contributed by atoms with Gasteiger partial charge in [0, 0.05) is 31.6 Å². The van der Waals surface area contributed by atoms with Crippen molar-refractivity contribution >= 4 is 24.2 Å². The Morgan fingerprint density at radius 1 is 1.09 bits per heavy atom. The fraction of sp³-hybridized carbons (Fsp3) is 0.389. The van der Waals surface area contributed by atoms with Gasteiger partial charge in [0.25, 0.3) is 5.91 Å². The zero-order chi connectivity index (χ0) is 23.1. The minimum atomic E-state index is -4.81. The van der Waals surface area contributed by atoms with E-state index >= 15 is 0 Å². The Labute approximate surface area is 183 Å². The van der Waals surface area contributed by atoms with E-state index in [9.17, 15) is 35.9 Å². The van der Waals surface area contributed by atoms with Crippen LogP contribution in [0.4, 0.5) is 26.3 Å². The quantitative estimate of drug-likeness (QED) is 0.500. The van der Waals surface area contributed by atoms with Crippen LogP contribution in [0.3, 0.4) is 0 Å². The highest BCUT2D eigenvalue weighted by Crippen LogP contribution is 2.32. The zero-order valence-corrected chi connectivity index (χ0v) is 17.1. The van der Waals surface area contributed by atoms with E-state index in [1.54, 1.807) is 0 Å². The highest BCUT2D eigenvalue weighted by atomic mass is 35.5. The van der Waals surface area contributed by atoms with Crippen molar-refractivity contribution in [2.24, 2.45) is 11.5 Å². The molecule has 2 heterocycles. The highest BCUT2D eigenvalue weighted by Gasteiger charge is 2.41. The van der Waals surface area contributed by atoms with Crippen molar-refractivity contribution in [1.82, 2.24) is 14.5 Å². The van der Waals surface area contributed by atoms with Crippen LogP contribution >= 0.6 is 12.4 Å². The van der Waals surface area contributed by atoms with E-state index in [-0.39, 0.29) is 56.1 Å². The molecule has 2 aromatic rings. The number of nitrogens with zero attached hydrogens (tertiary/aromatic N) is 3. The highest BCUT2D eigenvalue weighted by molar-refractivity contribution is 5.92. The van der Waals surface area contributed by atoms with E-state index in [0.29, 0.717) is 12.1 Å². The number of hydrogen-bond donors (Lipinski definition) is 2. The van der Waals surface area contributed by atoms with Gasteiger partial charge in [0.2, 0.25) is 11.7 Å². The molecule has 0 saturated carbocycles. The van der Waals surface area contributed by atoms with E-state index in [2.05, 4.69) is 4.98 Å². The van der Waals surface area contributed by atoms with Gasteiger partial charge in [0.05, 0.1) is 12.2 Å². The topological polar surface area (TPSA) is 107 Å². The molecule has 14 heteroatoms. The molecule has 176 valence electrons. The first-order valence-electron chi connectivity index (χ1n) is 9.01. The zero-order valence-electron chi connectivity index (χ0n) is 16.3. The van der Waals surface area contributed by atoms with Crippen molar-refractivity contribution in [2.45, 2.75) is 38.1 Å². The lowest BCUT2D eigenvalue weighted by Crippen LogP contribution is -2.42. The number of hydrogen-bond acceptors (Lipinski definition) is 4. The Kier molecular flexibility index (Phi) is 7.45. The second-order valence-electron chi connectivity index (χ2n) is 7.09. The van der Waals surface area contributed by atoms with Crippen molar-refractivity contribution in [2.75, 3.05) is 6.54 Å². The summed E-state index contributed by atoms with van der Waals surface area (Å²) in [6, 6.07) is 0.0425. The van der Waals surface area contributed by atoms with Crippen molar-refractivity contribution in [3.63, 3.8) is 0 Å². The Bertz CT molecular complexity index is 1040. The van der Waals surface area contributed by atoms with Crippen LogP contribution in [-0.2, 0) is 30.5 Å². The monoisotopic (exact) mass is 485 g/mol. The fourth-order valence-corrected chi connectivity index (χ4v) is 3.42. The van der Waals surface area contributed by atoms with E-state index in [1.165, 1.54) is 4.90 Å². The SMILES string of the molecule is Cl.NC(=O)c1nc(C(F)(F)F)n2c1CN(C(=O)C[C@H](N)Cc1cc(F)c(F)cc1F)CC2. The van der Waals surface area contributed by atoms with Gasteiger partial charge in [-0.3, -0.25) is 9.59 Å². The minimum absolute atomic E-state index is 0. The normalized spacial score (nSPS) is 14.5. The van der Waals surface area contributed by atoms with Gasteiger partial charge in [0.15, 0.2) is 17.3 Å². The Morgan fingerprint density at radius 3 is 2.31 bits per heavy atom. The molecular formula is C18H18ClF6N5O2. The number of carbonyl (C=O) groups is 2. The number of carbonyl (C=O) groups excluding carboxylic acids is 2. The third-order valence-corrected chi connectivity index (χ3v) is 4.85. The lowest BCUT2D eigenvalue weighted by Gasteiger charge is -2.30. The summed E-state index contributed by atoms with van der Waals surface area (Å²) in [7, 11) is 0. The first-order chi connectivity index (χ1) is 14.4. The second kappa shape index (κ2) is 9.36. The number of halogens is 7. The van der Waals surface area contributed by atoms with Crippen molar-refractivity contribution < 1.29 is 35.9 Å². The van der Waals surface area contributed by atoms with Crippen LogP contribution < -0.4 is 11.5 Å². The van der Waals surface area contributed by atoms with Gasteiger partial charge in [-0.1, -0.05) is 0 Å². The Morgan fingerprint density at radius 2 is 1.72 bits per heavy atom. The third-order valence-electron chi connectivity index (χ3n) is 4.85. The summed E-state index contributed by atoms with van der Waals surface area (Å²) in [6.07, 6.45) is -5.43.